The van der Waals surface area contributed by atoms with E-state index in [0.29, 0.717) is 43.3 Å². The Balaban J connectivity index is 1.40. The fourth-order valence-electron chi connectivity index (χ4n) is 3.93. The van der Waals surface area contributed by atoms with Crippen LogP contribution in [-0.4, -0.2) is 45.3 Å². The van der Waals surface area contributed by atoms with Gasteiger partial charge in [-0.25, -0.2) is 5.01 Å². The molecule has 1 aliphatic rings. The molecule has 1 saturated heterocycles. The second-order valence-corrected chi connectivity index (χ2v) is 10.3. The fourth-order valence-corrected chi connectivity index (χ4v) is 5.45. The van der Waals surface area contributed by atoms with Crippen LogP contribution in [0.3, 0.4) is 0 Å². The molecule has 0 unspecified atom stereocenters. The first kappa shape index (κ1) is 25.3. The number of pyridine rings is 1. The summed E-state index contributed by atoms with van der Waals surface area (Å²) in [5.74, 6) is 0.152. The molecule has 2 N–H and O–H groups in total. The summed E-state index contributed by atoms with van der Waals surface area (Å²) < 4.78 is 0.977. The molecule has 1 aromatic carbocycles. The second-order valence-electron chi connectivity index (χ2n) is 8.11. The van der Waals surface area contributed by atoms with Crippen LogP contribution in [0.4, 0.5) is 5.69 Å². The van der Waals surface area contributed by atoms with Gasteiger partial charge in [0.1, 0.15) is 5.69 Å². The summed E-state index contributed by atoms with van der Waals surface area (Å²) in [5, 5.41) is 22.5. The number of nitrogens with zero attached hydrogens (tertiary/aromatic N) is 4. The van der Waals surface area contributed by atoms with Gasteiger partial charge in [0, 0.05) is 54.0 Å². The number of aromatic hydroxyl groups is 1. The van der Waals surface area contributed by atoms with E-state index in [9.17, 15) is 9.90 Å². The van der Waals surface area contributed by atoms with E-state index in [0.717, 1.165) is 20.5 Å². The van der Waals surface area contributed by atoms with E-state index in [2.05, 4.69) is 31.3 Å². The van der Waals surface area contributed by atoms with Crippen LogP contribution in [0.1, 0.15) is 25.3 Å². The molecule has 4 rings (SSSR count). The predicted octanol–water partition coefficient (Wildman–Crippen LogP) is 5.40. The summed E-state index contributed by atoms with van der Waals surface area (Å²) in [7, 11) is 0. The lowest BCUT2D eigenvalue weighted by Gasteiger charge is -2.35. The molecule has 0 atom stereocenters. The Labute approximate surface area is 222 Å². The standard InChI is InChI=1S/C25H26BrN5O2S2/c1-2-29-31(21-16-35-23(22(21)32)18-3-5-20(26)6-4-18)25(34)30-13-9-19(10-14-30)24(33)28-15-17-7-11-27-12-8-17/h2-8,11-12,16,19,32H,9-10,13-15H2,1H3,(H,28,33)/b29-2+. The predicted molar refractivity (Wildman–Crippen MR) is 149 cm³/mol. The highest BCUT2D eigenvalue weighted by atomic mass is 79.9. The first-order chi connectivity index (χ1) is 17.0. The number of amides is 1. The van der Waals surface area contributed by atoms with Crippen LogP contribution < -0.4 is 10.3 Å². The monoisotopic (exact) mass is 571 g/mol. The van der Waals surface area contributed by atoms with E-state index < -0.39 is 0 Å². The number of hydrogen-bond donors (Lipinski definition) is 2. The van der Waals surface area contributed by atoms with Crippen molar-refractivity contribution in [2.75, 3.05) is 18.1 Å². The third kappa shape index (κ3) is 6.06. The molecule has 1 fully saturated rings. The molecule has 1 aliphatic heterocycles. The van der Waals surface area contributed by atoms with Crippen molar-refractivity contribution < 1.29 is 9.90 Å². The maximum atomic E-state index is 12.7. The first-order valence-corrected chi connectivity index (χ1v) is 13.4. The first-order valence-electron chi connectivity index (χ1n) is 11.3. The number of hydrazone groups is 1. The van der Waals surface area contributed by atoms with Crippen molar-refractivity contribution in [3.63, 3.8) is 0 Å². The topological polar surface area (TPSA) is 81.1 Å². The third-order valence-corrected chi connectivity index (χ3v) is 7.81. The zero-order chi connectivity index (χ0) is 24.8. The molecule has 0 aliphatic carbocycles. The molecule has 7 nitrogen and oxygen atoms in total. The van der Waals surface area contributed by atoms with Crippen molar-refractivity contribution in [2.45, 2.75) is 26.3 Å². The maximum Gasteiger partial charge on any atom is 0.223 e. The van der Waals surface area contributed by atoms with E-state index in [1.54, 1.807) is 23.6 Å². The molecule has 35 heavy (non-hydrogen) atoms. The Morgan fingerprint density at radius 2 is 1.97 bits per heavy atom. The fraction of sp³-hybridized carbons (Fsp3) is 0.280. The highest BCUT2D eigenvalue weighted by Crippen LogP contribution is 2.44. The normalized spacial score (nSPS) is 14.3. The van der Waals surface area contributed by atoms with Crippen molar-refractivity contribution in [3.8, 4) is 16.2 Å². The van der Waals surface area contributed by atoms with Gasteiger partial charge in [0.2, 0.25) is 5.91 Å². The zero-order valence-corrected chi connectivity index (χ0v) is 22.4. The number of halogens is 1. The number of hydrogen-bond acceptors (Lipinski definition) is 6. The minimum absolute atomic E-state index is 0.0578. The second kappa shape index (κ2) is 11.7. The van der Waals surface area contributed by atoms with Crippen LogP contribution in [0, 0.1) is 5.92 Å². The lowest BCUT2D eigenvalue weighted by Crippen LogP contribution is -2.47. The number of nitrogens with one attached hydrogen (secondary N) is 1. The molecule has 0 radical (unpaired) electrons. The minimum atomic E-state index is -0.0578. The summed E-state index contributed by atoms with van der Waals surface area (Å²) in [4.78, 5) is 19.5. The minimum Gasteiger partial charge on any atom is -0.504 e. The number of aromatic nitrogens is 1. The lowest BCUT2D eigenvalue weighted by atomic mass is 9.96. The van der Waals surface area contributed by atoms with Crippen molar-refractivity contribution in [3.05, 3.63) is 64.2 Å². The number of thiocarbonyl (C=S) groups is 1. The van der Waals surface area contributed by atoms with Gasteiger partial charge < -0.3 is 15.3 Å². The molecule has 0 saturated carbocycles. The van der Waals surface area contributed by atoms with Gasteiger partial charge in [0.05, 0.1) is 4.88 Å². The number of likely N-dealkylation sites (tertiary alicyclic amines) is 1. The average Bonchev–Trinajstić information content (AvgIpc) is 3.27. The van der Waals surface area contributed by atoms with Gasteiger partial charge in [-0.05, 0) is 67.4 Å². The van der Waals surface area contributed by atoms with Gasteiger partial charge in [-0.15, -0.1) is 11.3 Å². The summed E-state index contributed by atoms with van der Waals surface area (Å²) in [6.45, 7) is 3.60. The largest absolute Gasteiger partial charge is 0.504 e. The van der Waals surface area contributed by atoms with Crippen LogP contribution >= 0.6 is 39.5 Å². The van der Waals surface area contributed by atoms with E-state index in [4.69, 9.17) is 12.2 Å². The summed E-state index contributed by atoms with van der Waals surface area (Å²) >= 11 is 10.7. The van der Waals surface area contributed by atoms with E-state index in [1.165, 1.54) is 11.3 Å². The Hall–Kier alpha value is -2.82. The summed E-state index contributed by atoms with van der Waals surface area (Å²) in [5.41, 5.74) is 2.50. The molecule has 1 amide bonds. The Morgan fingerprint density at radius 1 is 1.29 bits per heavy atom. The van der Waals surface area contributed by atoms with Crippen molar-refractivity contribution in [2.24, 2.45) is 11.0 Å². The van der Waals surface area contributed by atoms with Crippen LogP contribution in [0.25, 0.3) is 10.4 Å². The molecule has 3 aromatic rings. The highest BCUT2D eigenvalue weighted by molar-refractivity contribution is 9.10. The maximum absolute atomic E-state index is 12.7. The highest BCUT2D eigenvalue weighted by Gasteiger charge is 2.29. The average molecular weight is 573 g/mol. The Kier molecular flexibility index (Phi) is 8.48. The quantitative estimate of drug-likeness (QED) is 0.234. The number of benzene rings is 1. The van der Waals surface area contributed by atoms with E-state index in [-0.39, 0.29) is 17.6 Å². The van der Waals surface area contributed by atoms with Crippen LogP contribution in [-0.2, 0) is 11.3 Å². The van der Waals surface area contributed by atoms with Gasteiger partial charge in [0.15, 0.2) is 10.9 Å². The molecular weight excluding hydrogens is 546 g/mol. The smallest absolute Gasteiger partial charge is 0.223 e. The molecule has 2 aromatic heterocycles. The van der Waals surface area contributed by atoms with Gasteiger partial charge in [-0.3, -0.25) is 9.78 Å². The van der Waals surface area contributed by atoms with Crippen LogP contribution in [0.2, 0.25) is 0 Å². The van der Waals surface area contributed by atoms with Crippen LogP contribution in [0.5, 0.6) is 5.75 Å². The number of carbonyl (C=O) groups is 1. The van der Waals surface area contributed by atoms with Crippen LogP contribution in [0.15, 0.2) is 63.7 Å². The molecular formula is C25H26BrN5O2S2. The number of thiophene rings is 1. The number of rotatable bonds is 6. The van der Waals surface area contributed by atoms with Crippen molar-refractivity contribution >= 4 is 62.4 Å². The number of carbonyl (C=O) groups excluding carboxylic acids is 1. The summed E-state index contributed by atoms with van der Waals surface area (Å²) in [6, 6.07) is 11.6. The van der Waals surface area contributed by atoms with Gasteiger partial charge in [0.25, 0.3) is 0 Å². The third-order valence-electron chi connectivity index (χ3n) is 5.85. The van der Waals surface area contributed by atoms with E-state index >= 15 is 0 Å². The number of piperidine rings is 1. The molecule has 182 valence electrons. The van der Waals surface area contributed by atoms with Gasteiger partial charge >= 0.3 is 0 Å². The molecule has 0 spiro atoms. The molecule has 10 heteroatoms. The summed E-state index contributed by atoms with van der Waals surface area (Å²) in [6.07, 6.45) is 6.50. The zero-order valence-electron chi connectivity index (χ0n) is 19.2. The van der Waals surface area contributed by atoms with Crippen molar-refractivity contribution in [1.29, 1.82) is 0 Å². The Morgan fingerprint density at radius 3 is 2.63 bits per heavy atom. The Bertz CT molecular complexity index is 1190. The van der Waals surface area contributed by atoms with Gasteiger partial charge in [-0.2, -0.15) is 5.10 Å². The lowest BCUT2D eigenvalue weighted by molar-refractivity contribution is -0.126. The molecule has 3 heterocycles. The molecule has 0 bridgehead atoms. The van der Waals surface area contributed by atoms with Crippen molar-refractivity contribution in [1.82, 2.24) is 15.2 Å². The number of anilines is 1. The van der Waals surface area contributed by atoms with E-state index in [1.807, 2.05) is 53.6 Å². The SMILES string of the molecule is C/C=N/N(C(=S)N1CCC(C(=O)NCc2ccncc2)CC1)c1csc(-c2ccc(Br)cc2)c1O. The van der Waals surface area contributed by atoms with Gasteiger partial charge in [-0.1, -0.05) is 28.1 Å².